The molecule has 1 aromatic carbocycles. The zero-order chi connectivity index (χ0) is 17.9. The second-order valence-electron chi connectivity index (χ2n) is 7.16. The summed E-state index contributed by atoms with van der Waals surface area (Å²) >= 11 is 0. The van der Waals surface area contributed by atoms with Crippen molar-refractivity contribution >= 4 is 0 Å². The first-order valence-corrected chi connectivity index (χ1v) is 8.30. The van der Waals surface area contributed by atoms with Gasteiger partial charge in [0.1, 0.15) is 25.5 Å². The van der Waals surface area contributed by atoms with Crippen LogP contribution < -0.4 is 4.90 Å². The van der Waals surface area contributed by atoms with E-state index in [1.54, 1.807) is 6.26 Å². The van der Waals surface area contributed by atoms with Crippen LogP contribution in [0.2, 0.25) is 0 Å². The van der Waals surface area contributed by atoms with Gasteiger partial charge in [-0.1, -0.05) is 12.1 Å². The van der Waals surface area contributed by atoms with Gasteiger partial charge in [0.25, 0.3) is 0 Å². The van der Waals surface area contributed by atoms with Gasteiger partial charge in [0.05, 0.1) is 11.8 Å². The molecular weight excluding hydrogens is 321 g/mol. The van der Waals surface area contributed by atoms with E-state index in [0.29, 0.717) is 13.1 Å². The SMILES string of the molecule is CC(C)(C)n1nnnc1C[NH+](Cc1ccc(F)cc1)Cc1ccco1. The van der Waals surface area contributed by atoms with Crippen LogP contribution >= 0.6 is 0 Å². The highest BCUT2D eigenvalue weighted by molar-refractivity contribution is 5.14. The zero-order valence-corrected chi connectivity index (χ0v) is 14.7. The number of hydrogen-bond acceptors (Lipinski definition) is 4. The summed E-state index contributed by atoms with van der Waals surface area (Å²) in [5.74, 6) is 1.48. The summed E-state index contributed by atoms with van der Waals surface area (Å²) in [5.41, 5.74) is 0.863. The number of tetrazole rings is 1. The van der Waals surface area contributed by atoms with E-state index in [2.05, 4.69) is 36.3 Å². The lowest BCUT2D eigenvalue weighted by Crippen LogP contribution is -3.08. The molecule has 0 spiro atoms. The van der Waals surface area contributed by atoms with Crippen molar-refractivity contribution in [3.8, 4) is 0 Å². The van der Waals surface area contributed by atoms with E-state index in [1.165, 1.54) is 17.0 Å². The number of nitrogens with one attached hydrogen (secondary N) is 1. The van der Waals surface area contributed by atoms with E-state index in [0.717, 1.165) is 23.7 Å². The molecule has 0 saturated heterocycles. The maximum Gasteiger partial charge on any atom is 0.206 e. The van der Waals surface area contributed by atoms with Gasteiger partial charge in [-0.3, -0.25) is 0 Å². The highest BCUT2D eigenvalue weighted by Crippen LogP contribution is 2.12. The molecule has 0 saturated carbocycles. The van der Waals surface area contributed by atoms with Gasteiger partial charge in [0.15, 0.2) is 5.76 Å². The molecule has 2 heterocycles. The first-order valence-electron chi connectivity index (χ1n) is 8.30. The number of halogens is 1. The largest absolute Gasteiger partial charge is 0.463 e. The number of furan rings is 1. The summed E-state index contributed by atoms with van der Waals surface area (Å²) < 4.78 is 20.5. The maximum atomic E-state index is 13.2. The molecule has 0 aliphatic heterocycles. The minimum absolute atomic E-state index is 0.190. The number of hydrogen-bond donors (Lipinski definition) is 1. The summed E-state index contributed by atoms with van der Waals surface area (Å²) in [4.78, 5) is 1.21. The Labute approximate surface area is 146 Å². The topological polar surface area (TPSA) is 61.2 Å². The van der Waals surface area contributed by atoms with Crippen LogP contribution in [0.4, 0.5) is 4.39 Å². The van der Waals surface area contributed by atoms with E-state index >= 15 is 0 Å². The maximum absolute atomic E-state index is 13.2. The van der Waals surface area contributed by atoms with E-state index in [-0.39, 0.29) is 11.4 Å². The Morgan fingerprint density at radius 3 is 2.48 bits per heavy atom. The molecule has 1 atom stereocenters. The van der Waals surface area contributed by atoms with Gasteiger partial charge in [0, 0.05) is 5.56 Å². The molecular formula is C18H23FN5O+. The molecule has 1 N–H and O–H groups in total. The Hall–Kier alpha value is -2.54. The Morgan fingerprint density at radius 1 is 1.08 bits per heavy atom. The monoisotopic (exact) mass is 344 g/mol. The minimum atomic E-state index is -0.229. The van der Waals surface area contributed by atoms with Crippen molar-refractivity contribution in [3.63, 3.8) is 0 Å². The van der Waals surface area contributed by atoms with E-state index < -0.39 is 0 Å². The first-order chi connectivity index (χ1) is 11.9. The van der Waals surface area contributed by atoms with Crippen LogP contribution in [-0.4, -0.2) is 20.2 Å². The fourth-order valence-corrected chi connectivity index (χ4v) is 2.80. The highest BCUT2D eigenvalue weighted by Gasteiger charge is 2.23. The number of nitrogens with zero attached hydrogens (tertiary/aromatic N) is 4. The third-order valence-electron chi connectivity index (χ3n) is 3.95. The minimum Gasteiger partial charge on any atom is -0.463 e. The molecule has 0 aliphatic carbocycles. The number of rotatable bonds is 6. The molecule has 7 heteroatoms. The molecule has 2 aromatic heterocycles. The van der Waals surface area contributed by atoms with Crippen molar-refractivity contribution in [2.24, 2.45) is 0 Å². The second-order valence-corrected chi connectivity index (χ2v) is 7.16. The van der Waals surface area contributed by atoms with Crippen molar-refractivity contribution in [1.82, 2.24) is 20.2 Å². The van der Waals surface area contributed by atoms with Crippen molar-refractivity contribution in [2.75, 3.05) is 0 Å². The van der Waals surface area contributed by atoms with Crippen LogP contribution in [0.5, 0.6) is 0 Å². The third-order valence-corrected chi connectivity index (χ3v) is 3.95. The van der Waals surface area contributed by atoms with Gasteiger partial charge < -0.3 is 9.32 Å². The third kappa shape index (κ3) is 4.51. The predicted molar refractivity (Wildman–Crippen MR) is 90.0 cm³/mol. The zero-order valence-electron chi connectivity index (χ0n) is 14.7. The van der Waals surface area contributed by atoms with E-state index in [4.69, 9.17) is 4.42 Å². The van der Waals surface area contributed by atoms with Gasteiger partial charge in [0.2, 0.25) is 5.82 Å². The lowest BCUT2D eigenvalue weighted by atomic mass is 10.1. The molecule has 132 valence electrons. The van der Waals surface area contributed by atoms with Crippen LogP contribution in [0.1, 0.15) is 37.9 Å². The summed E-state index contributed by atoms with van der Waals surface area (Å²) in [5, 5.41) is 12.2. The van der Waals surface area contributed by atoms with E-state index in [9.17, 15) is 4.39 Å². The van der Waals surface area contributed by atoms with E-state index in [1.807, 2.05) is 28.9 Å². The van der Waals surface area contributed by atoms with Gasteiger partial charge >= 0.3 is 0 Å². The quantitative estimate of drug-likeness (QED) is 0.742. The molecule has 0 bridgehead atoms. The van der Waals surface area contributed by atoms with Crippen molar-refractivity contribution < 1.29 is 13.7 Å². The van der Waals surface area contributed by atoms with Gasteiger partial charge in [-0.2, -0.15) is 0 Å². The fraction of sp³-hybridized carbons (Fsp3) is 0.389. The Balaban J connectivity index is 1.81. The molecule has 6 nitrogen and oxygen atoms in total. The van der Waals surface area contributed by atoms with Crippen molar-refractivity contribution in [1.29, 1.82) is 0 Å². The molecule has 3 aromatic rings. The Bertz CT molecular complexity index is 790. The second kappa shape index (κ2) is 7.14. The molecule has 0 fully saturated rings. The fourth-order valence-electron chi connectivity index (χ4n) is 2.80. The average Bonchev–Trinajstić information content (AvgIpc) is 3.20. The number of benzene rings is 1. The summed E-state index contributed by atoms with van der Waals surface area (Å²) in [6.07, 6.45) is 1.67. The van der Waals surface area contributed by atoms with Crippen LogP contribution in [0.3, 0.4) is 0 Å². The molecule has 0 aliphatic rings. The lowest BCUT2D eigenvalue weighted by Gasteiger charge is -2.22. The summed E-state index contributed by atoms with van der Waals surface area (Å²) in [7, 11) is 0. The molecule has 0 amide bonds. The first kappa shape index (κ1) is 17.3. The number of aromatic nitrogens is 4. The predicted octanol–water partition coefficient (Wildman–Crippen LogP) is 1.95. The Kier molecular flexibility index (Phi) is 4.94. The van der Waals surface area contributed by atoms with Crippen LogP contribution in [0.25, 0.3) is 0 Å². The summed E-state index contributed by atoms with van der Waals surface area (Å²) in [6, 6.07) is 10.4. The molecule has 1 unspecified atom stereocenters. The van der Waals surface area contributed by atoms with Gasteiger partial charge in [-0.25, -0.2) is 9.07 Å². The van der Waals surface area contributed by atoms with Crippen molar-refractivity contribution in [2.45, 2.75) is 45.9 Å². The van der Waals surface area contributed by atoms with Gasteiger partial charge in [-0.15, -0.1) is 5.10 Å². The van der Waals surface area contributed by atoms with Crippen LogP contribution in [0.15, 0.2) is 47.1 Å². The molecule has 25 heavy (non-hydrogen) atoms. The summed E-state index contributed by atoms with van der Waals surface area (Å²) in [6.45, 7) is 8.26. The smallest absolute Gasteiger partial charge is 0.206 e. The van der Waals surface area contributed by atoms with Crippen molar-refractivity contribution in [3.05, 3.63) is 65.6 Å². The lowest BCUT2D eigenvalue weighted by molar-refractivity contribution is -0.942. The van der Waals surface area contributed by atoms with Gasteiger partial charge in [-0.05, 0) is 55.5 Å². The average molecular weight is 344 g/mol. The van der Waals surface area contributed by atoms with Crippen LogP contribution in [0, 0.1) is 5.82 Å². The molecule has 3 rings (SSSR count). The highest BCUT2D eigenvalue weighted by atomic mass is 19.1. The standard InChI is InChI=1S/C18H22FN5O/c1-18(2,3)24-17(20-21-22-24)13-23(12-16-5-4-10-25-16)11-14-6-8-15(19)9-7-14/h4-10H,11-13H2,1-3H3/p+1. The van der Waals surface area contributed by atoms with Crippen LogP contribution in [-0.2, 0) is 25.2 Å². The molecule has 0 radical (unpaired) electrons. The number of quaternary nitrogens is 1. The Morgan fingerprint density at radius 2 is 1.84 bits per heavy atom. The normalized spacial score (nSPS) is 13.1.